The third kappa shape index (κ3) is 3.75. The fourth-order valence-electron chi connectivity index (χ4n) is 3.55. The second-order valence-electron chi connectivity index (χ2n) is 6.75. The molecule has 132 valence electrons. The quantitative estimate of drug-likeness (QED) is 0.931. The summed E-state index contributed by atoms with van der Waals surface area (Å²) >= 11 is 0. The second-order valence-corrected chi connectivity index (χ2v) is 6.75. The van der Waals surface area contributed by atoms with Crippen molar-refractivity contribution in [2.75, 3.05) is 25.0 Å². The van der Waals surface area contributed by atoms with Crippen LogP contribution >= 0.6 is 0 Å². The largest absolute Gasteiger partial charge is 0.493 e. The Morgan fingerprint density at radius 1 is 1.32 bits per heavy atom. The van der Waals surface area contributed by atoms with Gasteiger partial charge in [-0.3, -0.25) is 4.68 Å². The van der Waals surface area contributed by atoms with Crippen LogP contribution in [0, 0.1) is 5.92 Å². The number of aromatic nitrogens is 3. The maximum atomic E-state index is 12.5. The molecule has 0 saturated carbocycles. The molecule has 3 heterocycles. The van der Waals surface area contributed by atoms with Crippen LogP contribution in [0.3, 0.4) is 0 Å². The van der Waals surface area contributed by atoms with Crippen LogP contribution in [0.25, 0.3) is 0 Å². The van der Waals surface area contributed by atoms with E-state index in [1.54, 1.807) is 12.7 Å². The molecule has 0 aliphatic carbocycles. The van der Waals surface area contributed by atoms with Gasteiger partial charge in [-0.2, -0.15) is 5.10 Å². The highest BCUT2D eigenvalue weighted by molar-refractivity contribution is 5.89. The number of fused-ring (bicyclic) bond motifs is 1. The smallest absolute Gasteiger partial charge is 0.321 e. The zero-order valence-corrected chi connectivity index (χ0v) is 14.2. The van der Waals surface area contributed by atoms with E-state index in [-0.39, 0.29) is 6.03 Å². The molecule has 2 amide bonds. The molecule has 1 saturated heterocycles. The number of hydrogen-bond acceptors (Lipinski definition) is 4. The number of urea groups is 1. The summed E-state index contributed by atoms with van der Waals surface area (Å²) in [5.41, 5.74) is 2.02. The molecular weight excluding hydrogens is 318 g/mol. The molecule has 1 fully saturated rings. The lowest BCUT2D eigenvalue weighted by Crippen LogP contribution is -2.41. The summed E-state index contributed by atoms with van der Waals surface area (Å²) in [6, 6.07) is 5.88. The van der Waals surface area contributed by atoms with Crippen LogP contribution in [0.1, 0.15) is 24.8 Å². The van der Waals surface area contributed by atoms with E-state index in [1.165, 1.54) is 5.56 Å². The number of likely N-dealkylation sites (tertiary alicyclic amines) is 1. The predicted octanol–water partition coefficient (Wildman–Crippen LogP) is 2.55. The van der Waals surface area contributed by atoms with Crippen molar-refractivity contribution in [3.05, 3.63) is 36.4 Å². The first-order chi connectivity index (χ1) is 12.3. The van der Waals surface area contributed by atoms with Gasteiger partial charge in [0.25, 0.3) is 0 Å². The van der Waals surface area contributed by atoms with Crippen LogP contribution in [0.5, 0.6) is 5.75 Å². The van der Waals surface area contributed by atoms with Gasteiger partial charge in [-0.1, -0.05) is 0 Å². The highest BCUT2D eigenvalue weighted by atomic mass is 16.5. The third-order valence-electron chi connectivity index (χ3n) is 4.97. The summed E-state index contributed by atoms with van der Waals surface area (Å²) < 4.78 is 7.49. The van der Waals surface area contributed by atoms with E-state index in [9.17, 15) is 4.79 Å². The normalized spacial score (nSPS) is 17.7. The summed E-state index contributed by atoms with van der Waals surface area (Å²) in [6.07, 6.45) is 7.33. The van der Waals surface area contributed by atoms with Crippen molar-refractivity contribution in [1.29, 1.82) is 0 Å². The van der Waals surface area contributed by atoms with Crippen LogP contribution < -0.4 is 10.1 Å². The van der Waals surface area contributed by atoms with Gasteiger partial charge in [0.2, 0.25) is 0 Å². The fourth-order valence-corrected chi connectivity index (χ4v) is 3.55. The van der Waals surface area contributed by atoms with Gasteiger partial charge in [0.15, 0.2) is 0 Å². The topological polar surface area (TPSA) is 72.3 Å². The zero-order chi connectivity index (χ0) is 17.1. The average molecular weight is 341 g/mol. The van der Waals surface area contributed by atoms with Crippen LogP contribution in [0.4, 0.5) is 10.5 Å². The van der Waals surface area contributed by atoms with E-state index in [4.69, 9.17) is 4.74 Å². The predicted molar refractivity (Wildman–Crippen MR) is 93.6 cm³/mol. The number of nitrogens with zero attached hydrogens (tertiary/aromatic N) is 4. The average Bonchev–Trinajstić information content (AvgIpc) is 3.15. The highest BCUT2D eigenvalue weighted by Gasteiger charge is 2.23. The molecule has 0 radical (unpaired) electrons. The Morgan fingerprint density at radius 2 is 2.20 bits per heavy atom. The number of ether oxygens (including phenoxy) is 1. The number of anilines is 1. The van der Waals surface area contributed by atoms with E-state index in [2.05, 4.69) is 15.4 Å². The van der Waals surface area contributed by atoms with Gasteiger partial charge >= 0.3 is 6.03 Å². The minimum absolute atomic E-state index is 0.0177. The monoisotopic (exact) mass is 341 g/mol. The Hall–Kier alpha value is -2.57. The van der Waals surface area contributed by atoms with E-state index in [0.29, 0.717) is 5.92 Å². The number of aryl methyl sites for hydroxylation is 1. The molecule has 25 heavy (non-hydrogen) atoms. The van der Waals surface area contributed by atoms with E-state index >= 15 is 0 Å². The Morgan fingerprint density at radius 3 is 3.00 bits per heavy atom. The molecule has 0 unspecified atom stereocenters. The van der Waals surface area contributed by atoms with Crippen LogP contribution in [-0.4, -0.2) is 45.4 Å². The molecule has 4 rings (SSSR count). The lowest BCUT2D eigenvalue weighted by molar-refractivity contribution is 0.175. The van der Waals surface area contributed by atoms with Crippen molar-refractivity contribution < 1.29 is 9.53 Å². The van der Waals surface area contributed by atoms with Crippen LogP contribution in [0.2, 0.25) is 0 Å². The van der Waals surface area contributed by atoms with E-state index in [0.717, 1.165) is 63.4 Å². The number of benzene rings is 1. The minimum atomic E-state index is -0.0177. The SMILES string of the molecule is O=C(Nc1ccc2c(c1)CCCO2)N1CCC(Cn2cncn2)CC1. The molecule has 2 aliphatic heterocycles. The molecular formula is C18H23N5O2. The van der Waals surface area contributed by atoms with Gasteiger partial charge in [0, 0.05) is 25.3 Å². The third-order valence-corrected chi connectivity index (χ3v) is 4.97. The fraction of sp³-hybridized carbons (Fsp3) is 0.500. The van der Waals surface area contributed by atoms with Gasteiger partial charge in [0.05, 0.1) is 6.61 Å². The lowest BCUT2D eigenvalue weighted by Gasteiger charge is -2.32. The highest BCUT2D eigenvalue weighted by Crippen LogP contribution is 2.28. The molecule has 0 spiro atoms. The molecule has 7 nitrogen and oxygen atoms in total. The van der Waals surface area contributed by atoms with Crippen LogP contribution in [0.15, 0.2) is 30.9 Å². The molecule has 7 heteroatoms. The summed E-state index contributed by atoms with van der Waals surface area (Å²) in [7, 11) is 0. The van der Waals surface area contributed by atoms with Gasteiger partial charge in [-0.05, 0) is 55.4 Å². The zero-order valence-electron chi connectivity index (χ0n) is 14.2. The Bertz CT molecular complexity index is 723. The number of amides is 2. The van der Waals surface area contributed by atoms with Crippen molar-refractivity contribution in [3.63, 3.8) is 0 Å². The number of carbonyl (C=O) groups is 1. The maximum Gasteiger partial charge on any atom is 0.321 e. The van der Waals surface area contributed by atoms with Crippen molar-refractivity contribution in [2.24, 2.45) is 5.92 Å². The Balaban J connectivity index is 1.30. The maximum absolute atomic E-state index is 12.5. The molecule has 1 aromatic carbocycles. The van der Waals surface area contributed by atoms with E-state index < -0.39 is 0 Å². The second kappa shape index (κ2) is 7.13. The number of carbonyl (C=O) groups excluding carboxylic acids is 1. The molecule has 0 bridgehead atoms. The summed E-state index contributed by atoms with van der Waals surface area (Å²) in [5, 5.41) is 7.18. The first-order valence-corrected chi connectivity index (χ1v) is 8.92. The molecule has 2 aromatic rings. The summed E-state index contributed by atoms with van der Waals surface area (Å²) in [4.78, 5) is 18.4. The van der Waals surface area contributed by atoms with Crippen molar-refractivity contribution in [2.45, 2.75) is 32.2 Å². The van der Waals surface area contributed by atoms with Crippen molar-refractivity contribution in [3.8, 4) is 5.75 Å². The Labute approximate surface area is 147 Å². The molecule has 1 N–H and O–H groups in total. The summed E-state index contributed by atoms with van der Waals surface area (Å²) in [5.74, 6) is 1.49. The first kappa shape index (κ1) is 15.9. The number of nitrogens with one attached hydrogen (secondary N) is 1. The van der Waals surface area contributed by atoms with Crippen molar-refractivity contribution >= 4 is 11.7 Å². The minimum Gasteiger partial charge on any atom is -0.493 e. The Kier molecular flexibility index (Phi) is 4.54. The number of piperidine rings is 1. The van der Waals surface area contributed by atoms with Crippen LogP contribution in [-0.2, 0) is 13.0 Å². The molecule has 1 aromatic heterocycles. The first-order valence-electron chi connectivity index (χ1n) is 8.92. The number of rotatable bonds is 3. The molecule has 2 aliphatic rings. The van der Waals surface area contributed by atoms with Gasteiger partial charge in [-0.15, -0.1) is 0 Å². The van der Waals surface area contributed by atoms with Gasteiger partial charge in [0.1, 0.15) is 18.4 Å². The van der Waals surface area contributed by atoms with Gasteiger partial charge < -0.3 is 15.0 Å². The van der Waals surface area contributed by atoms with Crippen molar-refractivity contribution in [1.82, 2.24) is 19.7 Å². The molecule has 0 atom stereocenters. The standard InChI is InChI=1S/C18H23N5O2/c24-18(21-16-3-4-17-15(10-16)2-1-9-25-17)22-7-5-14(6-8-22)11-23-13-19-12-20-23/h3-4,10,12-14H,1-2,5-9,11H2,(H,21,24). The summed E-state index contributed by atoms with van der Waals surface area (Å²) in [6.45, 7) is 3.21. The van der Waals surface area contributed by atoms with E-state index in [1.807, 2.05) is 27.8 Å². The number of hydrogen-bond donors (Lipinski definition) is 1. The lowest BCUT2D eigenvalue weighted by atomic mass is 9.97. The van der Waals surface area contributed by atoms with Gasteiger partial charge in [-0.25, -0.2) is 9.78 Å².